The first kappa shape index (κ1) is 16.5. The maximum atomic E-state index is 12.8. The number of carbonyl (C=O) groups excluding carboxylic acids is 1. The van der Waals surface area contributed by atoms with E-state index < -0.39 is 23.4 Å². The monoisotopic (exact) mass is 355 g/mol. The van der Waals surface area contributed by atoms with Crippen molar-refractivity contribution in [2.75, 3.05) is 18.0 Å². The highest BCUT2D eigenvalue weighted by Gasteiger charge is 2.45. The molecule has 1 unspecified atom stereocenters. The van der Waals surface area contributed by atoms with Crippen molar-refractivity contribution in [2.45, 2.75) is 19.0 Å². The number of carbonyl (C=O) groups is 1. The summed E-state index contributed by atoms with van der Waals surface area (Å²) in [5.41, 5.74) is -1.91. The Morgan fingerprint density at radius 2 is 2.25 bits per heavy atom. The largest absolute Gasteiger partial charge is 0.437 e. The van der Waals surface area contributed by atoms with Gasteiger partial charge in [0.15, 0.2) is 5.71 Å². The number of hydrogen-bond acceptors (Lipinski definition) is 6. The van der Waals surface area contributed by atoms with Crippen molar-refractivity contribution in [3.8, 4) is 6.07 Å². The molecule has 1 atom stereocenters. The maximum Gasteiger partial charge on any atom is 0.437 e. The fourth-order valence-electron chi connectivity index (χ4n) is 2.63. The Kier molecular flexibility index (Phi) is 4.32. The van der Waals surface area contributed by atoms with E-state index in [-0.39, 0.29) is 5.92 Å². The smallest absolute Gasteiger partial charge is 0.362 e. The average molecular weight is 355 g/mol. The number of thiophene rings is 1. The Hall–Kier alpha value is -2.34. The third-order valence-electron chi connectivity index (χ3n) is 3.78. The summed E-state index contributed by atoms with van der Waals surface area (Å²) in [5, 5.41) is 12.7. The molecule has 2 aliphatic heterocycles. The molecule has 2 aliphatic rings. The Bertz CT molecular complexity index is 761. The molecular weight excluding hydrogens is 343 g/mol. The van der Waals surface area contributed by atoms with Crippen LogP contribution < -0.4 is 4.90 Å². The molecule has 0 aromatic carbocycles. The molecule has 0 N–H and O–H groups in total. The first-order chi connectivity index (χ1) is 11.4. The lowest BCUT2D eigenvalue weighted by Gasteiger charge is -2.30. The van der Waals surface area contributed by atoms with Gasteiger partial charge in [-0.3, -0.25) is 0 Å². The van der Waals surface area contributed by atoms with Gasteiger partial charge >= 0.3 is 12.1 Å². The predicted octanol–water partition coefficient (Wildman–Crippen LogP) is 3.35. The number of piperidine rings is 1. The summed E-state index contributed by atoms with van der Waals surface area (Å²) in [6, 6.07) is 5.67. The number of hydrogen-bond donors (Lipinski definition) is 0. The molecule has 0 saturated carbocycles. The number of nitriles is 1. The second-order valence-corrected chi connectivity index (χ2v) is 6.56. The summed E-state index contributed by atoms with van der Waals surface area (Å²) in [7, 11) is 0. The molecule has 126 valence electrons. The van der Waals surface area contributed by atoms with Crippen LogP contribution in [0.1, 0.15) is 17.7 Å². The molecule has 0 aliphatic carbocycles. The molecule has 3 rings (SSSR count). The summed E-state index contributed by atoms with van der Waals surface area (Å²) in [5.74, 6) is -1.16. The third-order valence-corrected chi connectivity index (χ3v) is 4.87. The van der Waals surface area contributed by atoms with Crippen LogP contribution >= 0.6 is 11.3 Å². The van der Waals surface area contributed by atoms with Gasteiger partial charge in [-0.15, -0.1) is 11.3 Å². The molecule has 0 bridgehead atoms. The predicted molar refractivity (Wildman–Crippen MR) is 82.4 cm³/mol. The lowest BCUT2D eigenvalue weighted by atomic mass is 10.0. The van der Waals surface area contributed by atoms with Crippen molar-refractivity contribution in [3.63, 3.8) is 0 Å². The minimum atomic E-state index is -4.75. The second-order valence-electron chi connectivity index (χ2n) is 5.46. The molecule has 5 nitrogen and oxygen atoms in total. The van der Waals surface area contributed by atoms with Gasteiger partial charge in [0.1, 0.15) is 0 Å². The highest BCUT2D eigenvalue weighted by molar-refractivity contribution is 7.17. The Morgan fingerprint density at radius 3 is 2.96 bits per heavy atom. The van der Waals surface area contributed by atoms with Crippen LogP contribution in [-0.2, 0) is 9.63 Å². The molecule has 9 heteroatoms. The van der Waals surface area contributed by atoms with E-state index in [9.17, 15) is 18.0 Å². The standard InChI is InChI=1S/C15H12F3N3O2S/c16-15(17,18)13-11(14(22)23-20-13)6-10-3-4-12(24-10)21-5-1-2-9(7-19)8-21/h3-4,6,9H,1-2,5,8H2/b11-6-. The average Bonchev–Trinajstić information content (AvgIpc) is 3.15. The Morgan fingerprint density at radius 1 is 1.46 bits per heavy atom. The van der Waals surface area contributed by atoms with Gasteiger partial charge in [0.2, 0.25) is 0 Å². The summed E-state index contributed by atoms with van der Waals surface area (Å²) in [6.07, 6.45) is -1.86. The summed E-state index contributed by atoms with van der Waals surface area (Å²) in [4.78, 5) is 18.2. The lowest BCUT2D eigenvalue weighted by molar-refractivity contribution is -0.136. The quantitative estimate of drug-likeness (QED) is 0.603. The van der Waals surface area contributed by atoms with Gasteiger partial charge in [-0.2, -0.15) is 18.4 Å². The molecular formula is C15H12F3N3O2S. The van der Waals surface area contributed by atoms with Crippen molar-refractivity contribution in [1.29, 1.82) is 5.26 Å². The Balaban J connectivity index is 1.82. The van der Waals surface area contributed by atoms with Crippen molar-refractivity contribution >= 4 is 34.1 Å². The van der Waals surface area contributed by atoms with E-state index in [0.29, 0.717) is 11.4 Å². The molecule has 24 heavy (non-hydrogen) atoms. The minimum absolute atomic E-state index is 0.0450. The zero-order chi connectivity index (χ0) is 17.3. The highest BCUT2D eigenvalue weighted by atomic mass is 32.1. The molecule has 1 fully saturated rings. The SMILES string of the molecule is N#CC1CCCN(c2ccc(/C=C3\C(=O)ON=C3C(F)(F)F)s2)C1. The molecule has 3 heterocycles. The summed E-state index contributed by atoms with van der Waals surface area (Å²) < 4.78 is 38.5. The van der Waals surface area contributed by atoms with Gasteiger partial charge in [-0.1, -0.05) is 5.16 Å². The van der Waals surface area contributed by atoms with Gasteiger partial charge in [-0.25, -0.2) is 4.79 Å². The normalized spacial score (nSPS) is 23.2. The van der Waals surface area contributed by atoms with Crippen molar-refractivity contribution < 1.29 is 22.8 Å². The van der Waals surface area contributed by atoms with Gasteiger partial charge < -0.3 is 9.74 Å². The summed E-state index contributed by atoms with van der Waals surface area (Å²) >= 11 is 1.26. The van der Waals surface area contributed by atoms with E-state index in [1.54, 1.807) is 12.1 Å². The van der Waals surface area contributed by atoms with Crippen molar-refractivity contribution in [1.82, 2.24) is 0 Å². The van der Waals surface area contributed by atoms with Gasteiger partial charge in [0.25, 0.3) is 0 Å². The van der Waals surface area contributed by atoms with E-state index in [1.165, 1.54) is 11.3 Å². The number of nitrogens with zero attached hydrogens (tertiary/aromatic N) is 3. The molecule has 0 radical (unpaired) electrons. The Labute approximate surface area is 139 Å². The summed E-state index contributed by atoms with van der Waals surface area (Å²) in [6.45, 7) is 1.40. The molecule has 1 saturated heterocycles. The zero-order valence-electron chi connectivity index (χ0n) is 12.3. The van der Waals surface area contributed by atoms with E-state index in [4.69, 9.17) is 5.26 Å². The molecule has 1 aromatic heterocycles. The van der Waals surface area contributed by atoms with Crippen molar-refractivity contribution in [2.24, 2.45) is 11.1 Å². The number of halogens is 3. The highest BCUT2D eigenvalue weighted by Crippen LogP contribution is 2.33. The van der Waals surface area contributed by atoms with E-state index in [0.717, 1.165) is 30.5 Å². The fourth-order valence-corrected chi connectivity index (χ4v) is 3.61. The van der Waals surface area contributed by atoms with Crippen LogP contribution in [0.4, 0.5) is 18.2 Å². The molecule has 1 aromatic rings. The zero-order valence-corrected chi connectivity index (χ0v) is 13.2. The van der Waals surface area contributed by atoms with Crippen LogP contribution in [0.5, 0.6) is 0 Å². The van der Waals surface area contributed by atoms with E-state index in [2.05, 4.69) is 16.1 Å². The molecule has 0 amide bonds. The number of oxime groups is 1. The van der Waals surface area contributed by atoms with Gasteiger partial charge in [0, 0.05) is 18.0 Å². The van der Waals surface area contributed by atoms with E-state index >= 15 is 0 Å². The maximum absolute atomic E-state index is 12.8. The van der Waals surface area contributed by atoms with Crippen LogP contribution in [0, 0.1) is 17.2 Å². The van der Waals surface area contributed by atoms with Crippen LogP contribution in [0.2, 0.25) is 0 Å². The van der Waals surface area contributed by atoms with Crippen LogP contribution in [0.15, 0.2) is 22.9 Å². The topological polar surface area (TPSA) is 65.7 Å². The third kappa shape index (κ3) is 3.28. The first-order valence-corrected chi connectivity index (χ1v) is 8.03. The molecule has 0 spiro atoms. The second kappa shape index (κ2) is 6.28. The fraction of sp³-hybridized carbons (Fsp3) is 0.400. The van der Waals surface area contributed by atoms with Crippen molar-refractivity contribution in [3.05, 3.63) is 22.6 Å². The van der Waals surface area contributed by atoms with Crippen LogP contribution in [-0.4, -0.2) is 30.9 Å². The van der Waals surface area contributed by atoms with Crippen LogP contribution in [0.3, 0.4) is 0 Å². The van der Waals surface area contributed by atoms with Gasteiger partial charge in [-0.05, 0) is 31.1 Å². The lowest BCUT2D eigenvalue weighted by Crippen LogP contribution is -2.34. The number of alkyl halides is 3. The number of rotatable bonds is 2. The minimum Gasteiger partial charge on any atom is -0.362 e. The van der Waals surface area contributed by atoms with Crippen LogP contribution in [0.25, 0.3) is 6.08 Å². The van der Waals surface area contributed by atoms with E-state index in [1.807, 2.05) is 4.90 Å². The van der Waals surface area contributed by atoms with Gasteiger partial charge in [0.05, 0.1) is 22.6 Å². The number of anilines is 1. The first-order valence-electron chi connectivity index (χ1n) is 7.21.